The Balaban J connectivity index is 0.000000383. The average Bonchev–Trinajstić information content (AvgIpc) is 2.82. The Morgan fingerprint density at radius 1 is 1.25 bits per heavy atom. The third kappa shape index (κ3) is 2.83. The molecule has 0 saturated heterocycles. The number of nitrogens with zero attached hydrogens (tertiary/aromatic N) is 1. The maximum atomic E-state index is 10.4. The van der Waals surface area contributed by atoms with Gasteiger partial charge in [-0.25, -0.2) is 0 Å². The first-order valence-corrected chi connectivity index (χ1v) is 8.66. The Kier molecular flexibility index (Phi) is 4.42. The minimum Gasteiger partial charge on any atom is -0.508 e. The van der Waals surface area contributed by atoms with Crippen LogP contribution in [-0.2, 0) is 6.42 Å². The number of phenolic OH excluding ortho intramolecular Hbond substituents is 1. The Morgan fingerprint density at radius 2 is 1.96 bits per heavy atom. The van der Waals surface area contributed by atoms with Crippen molar-refractivity contribution >= 4 is 0 Å². The number of rotatable bonds is 0. The molecule has 3 aliphatic rings. The van der Waals surface area contributed by atoms with Crippen molar-refractivity contribution in [3.05, 3.63) is 39.4 Å². The van der Waals surface area contributed by atoms with Crippen LogP contribution in [-0.4, -0.2) is 26.6 Å². The number of aliphatic hydroxyl groups excluding tert-OH is 1. The van der Waals surface area contributed by atoms with Crippen LogP contribution in [0.4, 0.5) is 0 Å². The van der Waals surface area contributed by atoms with E-state index in [0.29, 0.717) is 17.6 Å². The first kappa shape index (κ1) is 17.0. The standard InChI is InChI=1S/C18H24O2.HNO3/c1-18-9-8-14-13-5-3-12(19)10-11(13)2-4-15(14)16(18)6-7-17(18)20;2-1(3)4/h3,5,10,14-17,19-20H,2,4,6-9H2,1H3;(H,2,3,4)/t14-,15-,16+,17+,18+;/m1./s1. The fraction of sp³-hybridized carbons (Fsp3) is 0.667. The summed E-state index contributed by atoms with van der Waals surface area (Å²) >= 11 is 0. The normalized spacial score (nSPS) is 36.6. The lowest BCUT2D eigenvalue weighted by Crippen LogP contribution is -2.43. The van der Waals surface area contributed by atoms with Gasteiger partial charge >= 0.3 is 0 Å². The van der Waals surface area contributed by atoms with E-state index in [1.807, 2.05) is 12.1 Å². The molecule has 0 bridgehead atoms. The second kappa shape index (κ2) is 6.24. The molecule has 6 nitrogen and oxygen atoms in total. The Labute approximate surface area is 141 Å². The molecule has 5 atom stereocenters. The summed E-state index contributed by atoms with van der Waals surface area (Å²) in [4.78, 5) is 8.36. The maximum Gasteiger partial charge on any atom is 0.291 e. The van der Waals surface area contributed by atoms with Crippen molar-refractivity contribution in [3.63, 3.8) is 0 Å². The van der Waals surface area contributed by atoms with E-state index in [1.54, 1.807) is 0 Å². The molecule has 2 fully saturated rings. The summed E-state index contributed by atoms with van der Waals surface area (Å²) in [7, 11) is 0. The zero-order valence-corrected chi connectivity index (χ0v) is 13.9. The molecule has 0 spiro atoms. The molecular weight excluding hydrogens is 310 g/mol. The number of aliphatic hydroxyl groups is 1. The molecule has 4 rings (SSSR count). The number of hydrogen-bond acceptors (Lipinski definition) is 4. The molecule has 0 aromatic heterocycles. The van der Waals surface area contributed by atoms with Crippen molar-refractivity contribution in [3.8, 4) is 5.75 Å². The van der Waals surface area contributed by atoms with Gasteiger partial charge in [-0.05, 0) is 85.0 Å². The van der Waals surface area contributed by atoms with Crippen LogP contribution in [0, 0.1) is 27.4 Å². The smallest absolute Gasteiger partial charge is 0.291 e. The van der Waals surface area contributed by atoms with E-state index in [9.17, 15) is 10.2 Å². The predicted octanol–water partition coefficient (Wildman–Crippen LogP) is 3.26. The van der Waals surface area contributed by atoms with Crippen molar-refractivity contribution in [1.82, 2.24) is 0 Å². The van der Waals surface area contributed by atoms with Gasteiger partial charge in [0.05, 0.1) is 6.10 Å². The molecule has 0 heterocycles. The van der Waals surface area contributed by atoms with Gasteiger partial charge in [-0.1, -0.05) is 13.0 Å². The molecule has 132 valence electrons. The van der Waals surface area contributed by atoms with Crippen molar-refractivity contribution in [2.45, 2.75) is 57.5 Å². The van der Waals surface area contributed by atoms with Crippen LogP contribution in [0.2, 0.25) is 0 Å². The van der Waals surface area contributed by atoms with E-state index < -0.39 is 5.09 Å². The van der Waals surface area contributed by atoms with E-state index in [1.165, 1.54) is 30.4 Å². The fourth-order valence-corrected chi connectivity index (χ4v) is 5.54. The summed E-state index contributed by atoms with van der Waals surface area (Å²) in [6.07, 6.45) is 6.78. The lowest BCUT2D eigenvalue weighted by atomic mass is 9.55. The molecule has 3 N–H and O–H groups in total. The molecule has 0 unspecified atom stereocenters. The van der Waals surface area contributed by atoms with Gasteiger partial charge in [-0.15, -0.1) is 10.1 Å². The van der Waals surface area contributed by atoms with Crippen LogP contribution in [0.25, 0.3) is 0 Å². The zero-order valence-electron chi connectivity index (χ0n) is 13.9. The summed E-state index contributed by atoms with van der Waals surface area (Å²) in [6, 6.07) is 5.96. The van der Waals surface area contributed by atoms with Crippen molar-refractivity contribution < 1.29 is 20.5 Å². The molecule has 1 aromatic carbocycles. The van der Waals surface area contributed by atoms with E-state index in [2.05, 4.69) is 13.0 Å². The number of aromatic hydroxyl groups is 1. The van der Waals surface area contributed by atoms with Crippen LogP contribution >= 0.6 is 0 Å². The highest BCUT2D eigenvalue weighted by atomic mass is 16.9. The first-order valence-electron chi connectivity index (χ1n) is 8.66. The van der Waals surface area contributed by atoms with Gasteiger partial charge in [-0.3, -0.25) is 0 Å². The summed E-state index contributed by atoms with van der Waals surface area (Å²) in [5, 5.41) is 33.7. The van der Waals surface area contributed by atoms with Gasteiger partial charge in [0.15, 0.2) is 0 Å². The number of phenols is 1. The maximum absolute atomic E-state index is 10.4. The molecule has 0 aliphatic heterocycles. The number of fused-ring (bicyclic) bond motifs is 5. The van der Waals surface area contributed by atoms with Crippen molar-refractivity contribution in [2.75, 3.05) is 0 Å². The van der Waals surface area contributed by atoms with Crippen LogP contribution < -0.4 is 0 Å². The van der Waals surface area contributed by atoms with Crippen molar-refractivity contribution in [1.29, 1.82) is 0 Å². The Bertz CT molecular complexity index is 630. The highest BCUT2D eigenvalue weighted by molar-refractivity contribution is 5.40. The lowest BCUT2D eigenvalue weighted by molar-refractivity contribution is -0.742. The highest BCUT2D eigenvalue weighted by Crippen LogP contribution is 2.60. The SMILES string of the molecule is C[C@]12CC[C@@H]3c4ccc(O)cc4CC[C@H]3[C@@H]1CC[C@@H]2O.O=[N+]([O-])O. The second-order valence-corrected chi connectivity index (χ2v) is 7.67. The first-order chi connectivity index (χ1) is 11.3. The van der Waals surface area contributed by atoms with Crippen LogP contribution in [0.15, 0.2) is 18.2 Å². The topological polar surface area (TPSA) is 104 Å². The van der Waals surface area contributed by atoms with Crippen LogP contribution in [0.5, 0.6) is 5.75 Å². The predicted molar refractivity (Wildman–Crippen MR) is 87.5 cm³/mol. The minimum absolute atomic E-state index is 0.0883. The van der Waals surface area contributed by atoms with Gasteiger partial charge < -0.3 is 15.4 Å². The molecule has 6 heteroatoms. The Hall–Kier alpha value is -1.82. The van der Waals surface area contributed by atoms with Crippen LogP contribution in [0.3, 0.4) is 0 Å². The van der Waals surface area contributed by atoms with Gasteiger partial charge in [0.25, 0.3) is 5.09 Å². The number of benzene rings is 1. The quantitative estimate of drug-likeness (QED) is 0.499. The zero-order chi connectivity index (χ0) is 17.5. The molecule has 1 aromatic rings. The van der Waals surface area contributed by atoms with E-state index in [-0.39, 0.29) is 11.5 Å². The highest BCUT2D eigenvalue weighted by Gasteiger charge is 2.54. The fourth-order valence-electron chi connectivity index (χ4n) is 5.54. The summed E-state index contributed by atoms with van der Waals surface area (Å²) in [5.41, 5.74) is 2.99. The molecular formula is C18H25NO5. The third-order valence-corrected chi connectivity index (χ3v) is 6.66. The van der Waals surface area contributed by atoms with Gasteiger partial charge in [0.2, 0.25) is 0 Å². The lowest BCUT2D eigenvalue weighted by Gasteiger charge is -2.50. The van der Waals surface area contributed by atoms with Crippen LogP contribution in [0.1, 0.15) is 56.1 Å². The van der Waals surface area contributed by atoms with E-state index >= 15 is 0 Å². The summed E-state index contributed by atoms with van der Waals surface area (Å²) in [5.74, 6) is 2.49. The molecule has 0 amide bonds. The van der Waals surface area contributed by atoms with Gasteiger partial charge in [0, 0.05) is 0 Å². The molecule has 2 saturated carbocycles. The second-order valence-electron chi connectivity index (χ2n) is 7.67. The third-order valence-electron chi connectivity index (χ3n) is 6.66. The summed E-state index contributed by atoms with van der Waals surface area (Å²) < 4.78 is 0. The number of aryl methyl sites for hydroxylation is 1. The largest absolute Gasteiger partial charge is 0.508 e. The van der Waals surface area contributed by atoms with E-state index in [4.69, 9.17) is 15.3 Å². The average molecular weight is 335 g/mol. The Morgan fingerprint density at radius 3 is 2.67 bits per heavy atom. The molecule has 24 heavy (non-hydrogen) atoms. The van der Waals surface area contributed by atoms with Crippen molar-refractivity contribution in [2.24, 2.45) is 17.3 Å². The van der Waals surface area contributed by atoms with E-state index in [0.717, 1.165) is 25.2 Å². The number of hydrogen-bond donors (Lipinski definition) is 3. The van der Waals surface area contributed by atoms with Gasteiger partial charge in [0.1, 0.15) is 5.75 Å². The molecule has 3 aliphatic carbocycles. The minimum atomic E-state index is -1.50. The summed E-state index contributed by atoms with van der Waals surface area (Å²) in [6.45, 7) is 2.32. The van der Waals surface area contributed by atoms with Gasteiger partial charge in [-0.2, -0.15) is 0 Å². The molecule has 0 radical (unpaired) electrons. The monoisotopic (exact) mass is 335 g/mol.